The maximum Gasteiger partial charge on any atom is 0.343 e. The topological polar surface area (TPSA) is 63.7 Å². The fourth-order valence-electron chi connectivity index (χ4n) is 3.06. The average Bonchev–Trinajstić information content (AvgIpc) is 3.05. The van der Waals surface area contributed by atoms with Crippen LogP contribution in [0.5, 0.6) is 5.75 Å². The van der Waals surface area contributed by atoms with Gasteiger partial charge in [-0.3, -0.25) is 14.5 Å². The molecule has 0 spiro atoms. The SMILES string of the molecule is O=C(Oc1ccc(Br)cc1/C=C1\SC(=O)N(Cc2ccc(F)cc2Cl)C1=O)c1ccccc1. The summed E-state index contributed by atoms with van der Waals surface area (Å²) in [6.07, 6.45) is 1.50. The number of halogens is 3. The minimum Gasteiger partial charge on any atom is -0.422 e. The molecule has 5 nitrogen and oxygen atoms in total. The van der Waals surface area contributed by atoms with Crippen molar-refractivity contribution in [3.63, 3.8) is 0 Å². The van der Waals surface area contributed by atoms with Gasteiger partial charge < -0.3 is 4.74 Å². The van der Waals surface area contributed by atoms with Crippen LogP contribution < -0.4 is 4.74 Å². The van der Waals surface area contributed by atoms with Crippen molar-refractivity contribution >= 4 is 62.5 Å². The van der Waals surface area contributed by atoms with Crippen LogP contribution in [0.25, 0.3) is 6.08 Å². The maximum absolute atomic E-state index is 13.3. The van der Waals surface area contributed by atoms with Gasteiger partial charge in [-0.15, -0.1) is 0 Å². The molecule has 1 aliphatic heterocycles. The number of rotatable bonds is 5. The molecule has 0 unspecified atom stereocenters. The molecule has 0 aromatic heterocycles. The third kappa shape index (κ3) is 5.35. The number of benzene rings is 3. The highest BCUT2D eigenvalue weighted by Gasteiger charge is 2.35. The summed E-state index contributed by atoms with van der Waals surface area (Å²) in [6.45, 7) is -0.0878. The Bertz CT molecular complexity index is 1300. The Morgan fingerprint density at radius 3 is 2.58 bits per heavy atom. The fourth-order valence-corrected chi connectivity index (χ4v) is 4.49. The molecule has 9 heteroatoms. The Hall–Kier alpha value is -2.94. The summed E-state index contributed by atoms with van der Waals surface area (Å²) in [4.78, 5) is 39.1. The molecule has 0 N–H and O–H groups in total. The first-order valence-corrected chi connectivity index (χ1v) is 11.6. The van der Waals surface area contributed by atoms with Gasteiger partial charge in [0.25, 0.3) is 11.1 Å². The largest absolute Gasteiger partial charge is 0.422 e. The number of carbonyl (C=O) groups is 3. The molecule has 3 aromatic carbocycles. The zero-order chi connectivity index (χ0) is 23.5. The van der Waals surface area contributed by atoms with Gasteiger partial charge in [-0.1, -0.05) is 51.8 Å². The van der Waals surface area contributed by atoms with E-state index in [1.54, 1.807) is 48.5 Å². The molecule has 0 radical (unpaired) electrons. The van der Waals surface area contributed by atoms with Gasteiger partial charge in [0, 0.05) is 15.1 Å². The van der Waals surface area contributed by atoms with Gasteiger partial charge in [-0.2, -0.15) is 0 Å². The van der Waals surface area contributed by atoms with E-state index >= 15 is 0 Å². The van der Waals surface area contributed by atoms with Crippen molar-refractivity contribution in [3.05, 3.63) is 104 Å². The highest BCUT2D eigenvalue weighted by atomic mass is 79.9. The molecule has 0 aliphatic carbocycles. The summed E-state index contributed by atoms with van der Waals surface area (Å²) in [7, 11) is 0. The minimum atomic E-state index is -0.549. The van der Waals surface area contributed by atoms with Crippen LogP contribution in [-0.2, 0) is 11.3 Å². The molecule has 3 aromatic rings. The summed E-state index contributed by atoms with van der Waals surface area (Å²) < 4.78 is 19.5. The molecule has 4 rings (SSSR count). The summed E-state index contributed by atoms with van der Waals surface area (Å²) in [6, 6.07) is 17.2. The molecule has 1 fully saturated rings. The van der Waals surface area contributed by atoms with Crippen molar-refractivity contribution in [3.8, 4) is 5.75 Å². The van der Waals surface area contributed by atoms with Gasteiger partial charge in [-0.05, 0) is 65.9 Å². The van der Waals surface area contributed by atoms with E-state index < -0.39 is 22.9 Å². The van der Waals surface area contributed by atoms with Crippen molar-refractivity contribution in [1.29, 1.82) is 0 Å². The van der Waals surface area contributed by atoms with Crippen LogP contribution in [0.3, 0.4) is 0 Å². The molecule has 0 atom stereocenters. The molecular formula is C24H14BrClFNO4S. The monoisotopic (exact) mass is 545 g/mol. The Morgan fingerprint density at radius 1 is 1.09 bits per heavy atom. The van der Waals surface area contributed by atoms with Crippen LogP contribution >= 0.6 is 39.3 Å². The number of imide groups is 1. The smallest absolute Gasteiger partial charge is 0.343 e. The molecule has 2 amide bonds. The van der Waals surface area contributed by atoms with Crippen molar-refractivity contribution in [2.45, 2.75) is 6.54 Å². The number of amides is 2. The Balaban J connectivity index is 1.59. The summed E-state index contributed by atoms with van der Waals surface area (Å²) in [5, 5.41) is -0.357. The quantitative estimate of drug-likeness (QED) is 0.202. The normalized spacial score (nSPS) is 14.8. The van der Waals surface area contributed by atoms with Crippen LogP contribution in [0.4, 0.5) is 9.18 Å². The molecular weight excluding hydrogens is 533 g/mol. The fraction of sp³-hybridized carbons (Fsp3) is 0.0417. The first kappa shape index (κ1) is 23.2. The lowest BCUT2D eigenvalue weighted by molar-refractivity contribution is -0.123. The lowest BCUT2D eigenvalue weighted by Crippen LogP contribution is -2.27. The van der Waals surface area contributed by atoms with Crippen LogP contribution in [-0.4, -0.2) is 22.0 Å². The maximum atomic E-state index is 13.3. The highest BCUT2D eigenvalue weighted by molar-refractivity contribution is 9.10. The van der Waals surface area contributed by atoms with Gasteiger partial charge in [0.1, 0.15) is 11.6 Å². The number of hydrogen-bond donors (Lipinski definition) is 0. The van der Waals surface area contributed by atoms with Gasteiger partial charge >= 0.3 is 5.97 Å². The molecule has 1 heterocycles. The van der Waals surface area contributed by atoms with Crippen LogP contribution in [0.2, 0.25) is 5.02 Å². The van der Waals surface area contributed by atoms with E-state index in [1.807, 2.05) is 0 Å². The average molecular weight is 547 g/mol. The van der Waals surface area contributed by atoms with Gasteiger partial charge in [0.15, 0.2) is 0 Å². The second kappa shape index (κ2) is 9.91. The third-order valence-electron chi connectivity index (χ3n) is 4.69. The number of nitrogens with zero attached hydrogens (tertiary/aromatic N) is 1. The third-order valence-corrected chi connectivity index (χ3v) is 6.44. The van der Waals surface area contributed by atoms with E-state index in [2.05, 4.69) is 15.9 Å². The van der Waals surface area contributed by atoms with E-state index in [0.717, 1.165) is 22.7 Å². The van der Waals surface area contributed by atoms with Crippen molar-refractivity contribution in [2.75, 3.05) is 0 Å². The summed E-state index contributed by atoms with van der Waals surface area (Å²) >= 11 is 10.2. The van der Waals surface area contributed by atoms with Gasteiger partial charge in [0.2, 0.25) is 0 Å². The van der Waals surface area contributed by atoms with E-state index in [0.29, 0.717) is 21.2 Å². The number of esters is 1. The lowest BCUT2D eigenvalue weighted by Gasteiger charge is -2.13. The Kier molecular flexibility index (Phi) is 6.97. The predicted molar refractivity (Wildman–Crippen MR) is 128 cm³/mol. The Labute approximate surface area is 206 Å². The molecule has 0 saturated carbocycles. The van der Waals surface area contributed by atoms with Crippen LogP contribution in [0.15, 0.2) is 76.1 Å². The van der Waals surface area contributed by atoms with E-state index in [-0.39, 0.29) is 22.2 Å². The van der Waals surface area contributed by atoms with E-state index in [9.17, 15) is 18.8 Å². The lowest BCUT2D eigenvalue weighted by atomic mass is 10.1. The molecule has 1 aliphatic rings. The molecule has 0 bridgehead atoms. The summed E-state index contributed by atoms with van der Waals surface area (Å²) in [5.41, 5.74) is 1.27. The summed E-state index contributed by atoms with van der Waals surface area (Å²) in [5.74, 6) is -1.34. The van der Waals surface area contributed by atoms with E-state index in [4.69, 9.17) is 16.3 Å². The minimum absolute atomic E-state index is 0.0878. The van der Waals surface area contributed by atoms with Crippen molar-refractivity contribution < 1.29 is 23.5 Å². The van der Waals surface area contributed by atoms with E-state index in [1.165, 1.54) is 18.2 Å². The Morgan fingerprint density at radius 2 is 1.85 bits per heavy atom. The number of ether oxygens (including phenoxy) is 1. The van der Waals surface area contributed by atoms with Gasteiger partial charge in [0.05, 0.1) is 17.0 Å². The van der Waals surface area contributed by atoms with Crippen molar-refractivity contribution in [1.82, 2.24) is 4.90 Å². The number of hydrogen-bond acceptors (Lipinski definition) is 5. The molecule has 166 valence electrons. The molecule has 33 heavy (non-hydrogen) atoms. The zero-order valence-corrected chi connectivity index (χ0v) is 19.9. The highest BCUT2D eigenvalue weighted by Crippen LogP contribution is 2.36. The molecule has 1 saturated heterocycles. The number of carbonyl (C=O) groups excluding carboxylic acids is 3. The van der Waals surface area contributed by atoms with Gasteiger partial charge in [-0.25, -0.2) is 9.18 Å². The first-order valence-electron chi connectivity index (χ1n) is 9.58. The first-order chi connectivity index (χ1) is 15.8. The zero-order valence-electron chi connectivity index (χ0n) is 16.8. The second-order valence-electron chi connectivity index (χ2n) is 6.94. The second-order valence-corrected chi connectivity index (χ2v) is 9.26. The standard InChI is InChI=1S/C24H14BrClFNO4S/c25-17-7-9-20(32-23(30)14-4-2-1-3-5-14)16(10-17)11-21-22(29)28(24(31)33-21)13-15-6-8-18(27)12-19(15)26/h1-12H,13H2/b21-11-. The van der Waals surface area contributed by atoms with Crippen LogP contribution in [0, 0.1) is 5.82 Å². The van der Waals surface area contributed by atoms with Crippen LogP contribution in [0.1, 0.15) is 21.5 Å². The predicted octanol–water partition coefficient (Wildman–Crippen LogP) is 6.70. The number of thioether (sulfide) groups is 1. The van der Waals surface area contributed by atoms with Crippen molar-refractivity contribution in [2.24, 2.45) is 0 Å².